The minimum absolute atomic E-state index is 0.0100. The van der Waals surface area contributed by atoms with E-state index in [4.69, 9.17) is 14.2 Å². The van der Waals surface area contributed by atoms with E-state index in [0.717, 1.165) is 21.3 Å². The zero-order valence-corrected chi connectivity index (χ0v) is 22.5. The Morgan fingerprint density at radius 1 is 1.11 bits per heavy atom. The quantitative estimate of drug-likeness (QED) is 0.304. The molecule has 1 aliphatic rings. The van der Waals surface area contributed by atoms with Crippen molar-refractivity contribution in [2.45, 2.75) is 39.1 Å². The van der Waals surface area contributed by atoms with Crippen molar-refractivity contribution in [3.05, 3.63) is 81.6 Å². The summed E-state index contributed by atoms with van der Waals surface area (Å²) in [6.45, 7) is 1.69. The van der Waals surface area contributed by atoms with Gasteiger partial charge in [0.05, 0.1) is 24.6 Å². The second-order valence-electron chi connectivity index (χ2n) is 8.62. The molecular formula is C27H25BrF3N3O4. The van der Waals surface area contributed by atoms with Crippen LogP contribution in [0.2, 0.25) is 0 Å². The number of nitrogens with zero attached hydrogens (tertiary/aromatic N) is 3. The lowest BCUT2D eigenvalue weighted by Gasteiger charge is -2.22. The highest BCUT2D eigenvalue weighted by molar-refractivity contribution is 9.10. The number of hydrogen-bond acceptors (Lipinski definition) is 6. The summed E-state index contributed by atoms with van der Waals surface area (Å²) in [5.41, 5.74) is 3.41. The van der Waals surface area contributed by atoms with Gasteiger partial charge < -0.3 is 14.2 Å². The Balaban J connectivity index is 1.51. The first-order chi connectivity index (χ1) is 18.1. The first-order valence-corrected chi connectivity index (χ1v) is 12.4. The molecule has 0 spiro atoms. The van der Waals surface area contributed by atoms with Crippen LogP contribution in [0.15, 0.2) is 64.3 Å². The van der Waals surface area contributed by atoms with E-state index in [1.165, 1.54) is 31.3 Å². The topological polar surface area (TPSA) is 73.2 Å². The summed E-state index contributed by atoms with van der Waals surface area (Å²) in [6.07, 6.45) is -2.55. The monoisotopic (exact) mass is 591 g/mol. The number of halogens is 4. The number of benzene rings is 2. The van der Waals surface area contributed by atoms with Gasteiger partial charge in [-0.05, 0) is 48.4 Å². The second-order valence-corrected chi connectivity index (χ2v) is 9.54. The van der Waals surface area contributed by atoms with E-state index in [0.29, 0.717) is 29.2 Å². The van der Waals surface area contributed by atoms with Gasteiger partial charge in [-0.25, -0.2) is 5.01 Å². The van der Waals surface area contributed by atoms with E-state index in [1.54, 1.807) is 19.1 Å². The lowest BCUT2D eigenvalue weighted by atomic mass is 9.98. The van der Waals surface area contributed by atoms with Crippen LogP contribution in [0.3, 0.4) is 0 Å². The van der Waals surface area contributed by atoms with Gasteiger partial charge >= 0.3 is 6.18 Å². The first-order valence-electron chi connectivity index (χ1n) is 11.6. The van der Waals surface area contributed by atoms with Crippen LogP contribution < -0.4 is 14.2 Å². The molecule has 0 saturated carbocycles. The summed E-state index contributed by atoms with van der Waals surface area (Å²) in [6, 6.07) is 14.1. The largest absolute Gasteiger partial charge is 0.493 e. The number of ether oxygens (including phenoxy) is 3. The van der Waals surface area contributed by atoms with Crippen LogP contribution in [-0.4, -0.2) is 41.5 Å². The van der Waals surface area contributed by atoms with Crippen molar-refractivity contribution >= 4 is 27.5 Å². The van der Waals surface area contributed by atoms with E-state index in [-0.39, 0.29) is 24.3 Å². The lowest BCUT2D eigenvalue weighted by Crippen LogP contribution is -2.24. The molecule has 4 rings (SSSR count). The summed E-state index contributed by atoms with van der Waals surface area (Å²) in [4.78, 5) is 16.6. The average Bonchev–Trinajstić information content (AvgIpc) is 3.33. The molecule has 2 heterocycles. The molecule has 11 heteroatoms. The Hall–Kier alpha value is -3.60. The summed E-state index contributed by atoms with van der Waals surface area (Å²) in [7, 11) is 1.50. The molecule has 7 nitrogen and oxygen atoms in total. The number of amides is 1. The Morgan fingerprint density at radius 3 is 2.58 bits per heavy atom. The molecule has 1 amide bonds. The molecule has 0 radical (unpaired) electrons. The van der Waals surface area contributed by atoms with Gasteiger partial charge in [0.1, 0.15) is 12.4 Å². The van der Waals surface area contributed by atoms with Crippen molar-refractivity contribution in [1.29, 1.82) is 0 Å². The van der Waals surface area contributed by atoms with Gasteiger partial charge in [-0.2, -0.15) is 18.3 Å². The number of rotatable bonds is 8. The Morgan fingerprint density at radius 2 is 1.89 bits per heavy atom. The molecular weight excluding hydrogens is 567 g/mol. The number of carbonyl (C=O) groups excluding carboxylic acids is 1. The molecule has 0 saturated heterocycles. The van der Waals surface area contributed by atoms with Crippen molar-refractivity contribution in [2.24, 2.45) is 5.10 Å². The van der Waals surface area contributed by atoms with Gasteiger partial charge in [0, 0.05) is 29.6 Å². The first kappa shape index (κ1) is 27.4. The number of carbonyl (C=O) groups is 1. The molecule has 1 unspecified atom stereocenters. The second kappa shape index (κ2) is 11.4. The standard InChI is InChI=1S/C27H25BrF3N3O4/c1-16-22(32-10-9-24(16)38-15-27(29,30)31)14-37-25-8-7-19(12-26(25)36-3)23-13-21(33-34(23)17(2)35)18-5-4-6-20(28)11-18/h4-12,23H,13-15H2,1-3H3. The zero-order valence-electron chi connectivity index (χ0n) is 20.9. The van der Waals surface area contributed by atoms with E-state index in [9.17, 15) is 18.0 Å². The van der Waals surface area contributed by atoms with Gasteiger partial charge in [0.25, 0.3) is 0 Å². The van der Waals surface area contributed by atoms with Gasteiger partial charge in [-0.15, -0.1) is 0 Å². The molecule has 0 bridgehead atoms. The fourth-order valence-electron chi connectivity index (χ4n) is 4.08. The van der Waals surface area contributed by atoms with Crippen LogP contribution >= 0.6 is 15.9 Å². The van der Waals surface area contributed by atoms with Crippen molar-refractivity contribution in [3.63, 3.8) is 0 Å². The molecule has 1 aliphatic heterocycles. The lowest BCUT2D eigenvalue weighted by molar-refractivity contribution is -0.153. The van der Waals surface area contributed by atoms with E-state index >= 15 is 0 Å². The summed E-state index contributed by atoms with van der Waals surface area (Å²) in [5.74, 6) is 0.752. The van der Waals surface area contributed by atoms with E-state index < -0.39 is 12.8 Å². The molecule has 1 aromatic heterocycles. The zero-order chi connectivity index (χ0) is 27.4. The normalized spacial score (nSPS) is 15.3. The van der Waals surface area contributed by atoms with Crippen molar-refractivity contribution in [1.82, 2.24) is 9.99 Å². The maximum absolute atomic E-state index is 12.6. The van der Waals surface area contributed by atoms with Gasteiger partial charge in [-0.3, -0.25) is 9.78 Å². The van der Waals surface area contributed by atoms with E-state index in [2.05, 4.69) is 26.0 Å². The number of methoxy groups -OCH3 is 1. The van der Waals surface area contributed by atoms with Crippen molar-refractivity contribution in [3.8, 4) is 17.2 Å². The molecule has 2 aromatic carbocycles. The summed E-state index contributed by atoms with van der Waals surface area (Å²) < 4.78 is 54.9. The number of hydrazone groups is 1. The Kier molecular flexibility index (Phi) is 8.25. The SMILES string of the molecule is COc1cc(C2CC(c3cccc(Br)c3)=NN2C(C)=O)ccc1OCc1nccc(OCC(F)(F)F)c1C. The van der Waals surface area contributed by atoms with Crippen LogP contribution in [0.4, 0.5) is 13.2 Å². The number of hydrogen-bond donors (Lipinski definition) is 0. The number of pyridine rings is 1. The van der Waals surface area contributed by atoms with E-state index in [1.807, 2.05) is 30.3 Å². The highest BCUT2D eigenvalue weighted by atomic mass is 79.9. The third-order valence-corrected chi connectivity index (χ3v) is 6.47. The third kappa shape index (κ3) is 6.45. The highest BCUT2D eigenvalue weighted by Gasteiger charge is 2.32. The predicted octanol–water partition coefficient (Wildman–Crippen LogP) is 6.38. The molecule has 0 N–H and O–H groups in total. The van der Waals surface area contributed by atoms with Gasteiger partial charge in [0.15, 0.2) is 18.1 Å². The van der Waals surface area contributed by atoms with Crippen molar-refractivity contribution < 1.29 is 32.2 Å². The molecule has 3 aromatic rings. The van der Waals surface area contributed by atoms with Crippen LogP contribution in [0, 0.1) is 6.92 Å². The Labute approximate surface area is 226 Å². The predicted molar refractivity (Wildman–Crippen MR) is 138 cm³/mol. The van der Waals surface area contributed by atoms with Crippen LogP contribution in [-0.2, 0) is 11.4 Å². The smallest absolute Gasteiger partial charge is 0.422 e. The summed E-state index contributed by atoms with van der Waals surface area (Å²) in [5, 5.41) is 6.04. The maximum atomic E-state index is 12.6. The average molecular weight is 592 g/mol. The fraction of sp³-hybridized carbons (Fsp3) is 0.296. The minimum atomic E-state index is -4.44. The molecule has 1 atom stereocenters. The van der Waals surface area contributed by atoms with Crippen LogP contribution in [0.5, 0.6) is 17.2 Å². The fourth-order valence-corrected chi connectivity index (χ4v) is 4.48. The minimum Gasteiger partial charge on any atom is -0.493 e. The third-order valence-electron chi connectivity index (χ3n) is 5.98. The van der Waals surface area contributed by atoms with Crippen LogP contribution in [0.1, 0.15) is 41.8 Å². The molecule has 0 fully saturated rings. The molecule has 200 valence electrons. The highest BCUT2D eigenvalue weighted by Crippen LogP contribution is 2.38. The van der Waals surface area contributed by atoms with Gasteiger partial charge in [0.2, 0.25) is 5.91 Å². The Bertz CT molecular complexity index is 1360. The van der Waals surface area contributed by atoms with Gasteiger partial charge in [-0.1, -0.05) is 34.1 Å². The molecule has 0 aliphatic carbocycles. The maximum Gasteiger partial charge on any atom is 0.422 e. The summed E-state index contributed by atoms with van der Waals surface area (Å²) >= 11 is 3.47. The number of aromatic nitrogens is 1. The molecule has 38 heavy (non-hydrogen) atoms. The van der Waals surface area contributed by atoms with Crippen LogP contribution in [0.25, 0.3) is 0 Å². The van der Waals surface area contributed by atoms with Crippen molar-refractivity contribution in [2.75, 3.05) is 13.7 Å². The number of alkyl halides is 3.